The molecule has 0 aliphatic heterocycles. The molecular formula is C14H14FP. The summed E-state index contributed by atoms with van der Waals surface area (Å²) in [6, 6.07) is 16.5. The van der Waals surface area contributed by atoms with Crippen LogP contribution >= 0.6 is 8.89 Å². The minimum absolute atomic E-state index is 0.503. The second kappa shape index (κ2) is 5.23. The number of aryl methyl sites for hydroxylation is 1. The van der Waals surface area contributed by atoms with Gasteiger partial charge in [-0.1, -0.05) is 54.1 Å². The molecule has 0 aliphatic rings. The fourth-order valence-electron chi connectivity index (χ4n) is 1.64. The van der Waals surface area contributed by atoms with Crippen molar-refractivity contribution < 1.29 is 4.20 Å². The molecule has 2 rings (SSSR count). The molecule has 0 fully saturated rings. The molecule has 2 aromatic rings. The van der Waals surface area contributed by atoms with Crippen molar-refractivity contribution in [1.29, 1.82) is 0 Å². The molecular weight excluding hydrogens is 218 g/mol. The highest BCUT2D eigenvalue weighted by molar-refractivity contribution is 7.30. The second-order valence-corrected chi connectivity index (χ2v) is 4.49. The fraction of sp³-hybridized carbons (Fsp3) is 0.143. The second-order valence-electron chi connectivity index (χ2n) is 3.87. The van der Waals surface area contributed by atoms with Gasteiger partial charge in [-0.15, -0.1) is 0 Å². The van der Waals surface area contributed by atoms with Gasteiger partial charge >= 0.3 is 0 Å². The minimum Gasteiger partial charge on any atom is -0.230 e. The summed E-state index contributed by atoms with van der Waals surface area (Å²) in [5.74, 6) is 0. The van der Waals surface area contributed by atoms with Crippen molar-refractivity contribution >= 4 is 8.89 Å². The van der Waals surface area contributed by atoms with Gasteiger partial charge < -0.3 is 0 Å². The Kier molecular flexibility index (Phi) is 3.69. The third kappa shape index (κ3) is 2.68. The van der Waals surface area contributed by atoms with Crippen LogP contribution in [0.15, 0.2) is 48.5 Å². The molecule has 0 radical (unpaired) electrons. The van der Waals surface area contributed by atoms with Gasteiger partial charge in [-0.25, -0.2) is 4.20 Å². The first-order chi connectivity index (χ1) is 7.79. The van der Waals surface area contributed by atoms with E-state index in [4.69, 9.17) is 0 Å². The number of hydrogen-bond acceptors (Lipinski definition) is 0. The summed E-state index contributed by atoms with van der Waals surface area (Å²) >= 11 is 0. The van der Waals surface area contributed by atoms with E-state index in [1.165, 1.54) is 16.7 Å². The standard InChI is InChI=1S/C14H14FP/c1-11-2-6-13(7-3-11)14-8-4-12(5-9-14)10-16-15/h2-9,16H,10H2,1H3. The van der Waals surface area contributed by atoms with E-state index in [9.17, 15) is 4.20 Å². The Balaban J connectivity index is 2.24. The molecule has 0 saturated heterocycles. The van der Waals surface area contributed by atoms with Gasteiger partial charge in [-0.3, -0.25) is 0 Å². The lowest BCUT2D eigenvalue weighted by Crippen LogP contribution is -1.81. The zero-order chi connectivity index (χ0) is 11.4. The highest BCUT2D eigenvalue weighted by atomic mass is 31.1. The van der Waals surface area contributed by atoms with Crippen molar-refractivity contribution in [3.63, 3.8) is 0 Å². The van der Waals surface area contributed by atoms with Crippen LogP contribution in [0.25, 0.3) is 11.1 Å². The molecule has 2 aromatic carbocycles. The van der Waals surface area contributed by atoms with Gasteiger partial charge in [0, 0.05) is 6.16 Å². The monoisotopic (exact) mass is 232 g/mol. The Hall–Kier alpha value is -1.20. The average Bonchev–Trinajstić information content (AvgIpc) is 2.32. The molecule has 0 heterocycles. The van der Waals surface area contributed by atoms with Crippen molar-refractivity contribution in [2.75, 3.05) is 0 Å². The summed E-state index contributed by atoms with van der Waals surface area (Å²) in [4.78, 5) is 0. The molecule has 0 aromatic heterocycles. The molecule has 16 heavy (non-hydrogen) atoms. The van der Waals surface area contributed by atoms with E-state index in [1.54, 1.807) is 0 Å². The predicted octanol–water partition coefficient (Wildman–Crippen LogP) is 4.73. The number of benzene rings is 2. The zero-order valence-corrected chi connectivity index (χ0v) is 10.2. The number of halogens is 1. The van der Waals surface area contributed by atoms with Crippen LogP contribution < -0.4 is 0 Å². The van der Waals surface area contributed by atoms with E-state index in [2.05, 4.69) is 43.3 Å². The topological polar surface area (TPSA) is 0 Å². The summed E-state index contributed by atoms with van der Waals surface area (Å²) in [6.07, 6.45) is 0.536. The molecule has 2 heteroatoms. The Bertz CT molecular complexity index is 445. The van der Waals surface area contributed by atoms with Gasteiger partial charge in [0.1, 0.15) is 0 Å². The fourth-order valence-corrected chi connectivity index (χ4v) is 2.03. The van der Waals surface area contributed by atoms with Crippen LogP contribution in [0.4, 0.5) is 4.20 Å². The van der Waals surface area contributed by atoms with E-state index in [0.29, 0.717) is 6.16 Å². The quantitative estimate of drug-likeness (QED) is 0.671. The first-order valence-electron chi connectivity index (χ1n) is 5.29. The third-order valence-corrected chi connectivity index (χ3v) is 3.15. The summed E-state index contributed by atoms with van der Waals surface area (Å²) in [5, 5.41) is 0. The smallest absolute Gasteiger partial charge is 0.0715 e. The lowest BCUT2D eigenvalue weighted by molar-refractivity contribution is 0.911. The van der Waals surface area contributed by atoms with E-state index in [-0.39, 0.29) is 0 Å². The molecule has 0 nitrogen and oxygen atoms in total. The van der Waals surface area contributed by atoms with Crippen LogP contribution in [-0.2, 0) is 6.16 Å². The van der Waals surface area contributed by atoms with Crippen molar-refractivity contribution in [3.8, 4) is 11.1 Å². The third-order valence-electron chi connectivity index (χ3n) is 2.61. The first-order valence-corrected chi connectivity index (χ1v) is 6.37. The molecule has 0 N–H and O–H groups in total. The van der Waals surface area contributed by atoms with Crippen LogP contribution in [0.2, 0.25) is 0 Å². The summed E-state index contributed by atoms with van der Waals surface area (Å²) < 4.78 is 12.2. The number of rotatable bonds is 3. The van der Waals surface area contributed by atoms with Gasteiger partial charge in [-0.05, 0) is 23.6 Å². The molecule has 0 saturated carbocycles. The predicted molar refractivity (Wildman–Crippen MR) is 69.7 cm³/mol. The Morgan fingerprint density at radius 1 is 0.875 bits per heavy atom. The molecule has 0 aliphatic carbocycles. The van der Waals surface area contributed by atoms with Crippen molar-refractivity contribution in [2.24, 2.45) is 0 Å². The molecule has 1 unspecified atom stereocenters. The Labute approximate surface area is 97.4 Å². The van der Waals surface area contributed by atoms with Crippen LogP contribution in [-0.4, -0.2) is 0 Å². The van der Waals surface area contributed by atoms with Gasteiger partial charge in [0.15, 0.2) is 0 Å². The maximum absolute atomic E-state index is 12.2. The SMILES string of the molecule is Cc1ccc(-c2ccc(CPF)cc2)cc1. The maximum Gasteiger partial charge on any atom is 0.0715 e. The Morgan fingerprint density at radius 2 is 1.38 bits per heavy atom. The zero-order valence-electron chi connectivity index (χ0n) is 9.20. The summed E-state index contributed by atoms with van der Waals surface area (Å²) in [7, 11) is -0.503. The van der Waals surface area contributed by atoms with Crippen LogP contribution in [0.3, 0.4) is 0 Å². The Morgan fingerprint density at radius 3 is 1.88 bits per heavy atom. The molecule has 0 spiro atoms. The highest BCUT2D eigenvalue weighted by Gasteiger charge is 1.97. The normalized spacial score (nSPS) is 11.1. The average molecular weight is 232 g/mol. The van der Waals surface area contributed by atoms with Crippen LogP contribution in [0.1, 0.15) is 11.1 Å². The lowest BCUT2D eigenvalue weighted by atomic mass is 10.0. The van der Waals surface area contributed by atoms with E-state index < -0.39 is 8.89 Å². The first kappa shape index (κ1) is 11.3. The highest BCUT2D eigenvalue weighted by Crippen LogP contribution is 2.23. The minimum atomic E-state index is -0.503. The van der Waals surface area contributed by atoms with E-state index >= 15 is 0 Å². The maximum atomic E-state index is 12.2. The largest absolute Gasteiger partial charge is 0.230 e. The van der Waals surface area contributed by atoms with Gasteiger partial charge in [0.25, 0.3) is 0 Å². The van der Waals surface area contributed by atoms with Crippen molar-refractivity contribution in [1.82, 2.24) is 0 Å². The summed E-state index contributed by atoms with van der Waals surface area (Å²) in [5.41, 5.74) is 4.72. The summed E-state index contributed by atoms with van der Waals surface area (Å²) in [6.45, 7) is 2.08. The molecule has 82 valence electrons. The van der Waals surface area contributed by atoms with Crippen molar-refractivity contribution in [2.45, 2.75) is 13.1 Å². The van der Waals surface area contributed by atoms with Crippen LogP contribution in [0.5, 0.6) is 0 Å². The van der Waals surface area contributed by atoms with Crippen LogP contribution in [0, 0.1) is 6.92 Å². The van der Waals surface area contributed by atoms with Gasteiger partial charge in [0.05, 0.1) is 8.89 Å². The van der Waals surface area contributed by atoms with Gasteiger partial charge in [0.2, 0.25) is 0 Å². The van der Waals surface area contributed by atoms with E-state index in [1.807, 2.05) is 12.1 Å². The molecule has 0 amide bonds. The molecule has 1 atom stereocenters. The lowest BCUT2D eigenvalue weighted by Gasteiger charge is -2.03. The number of hydrogen-bond donors (Lipinski definition) is 0. The van der Waals surface area contributed by atoms with E-state index in [0.717, 1.165) is 5.56 Å². The van der Waals surface area contributed by atoms with Gasteiger partial charge in [-0.2, -0.15) is 0 Å². The molecule has 0 bridgehead atoms. The van der Waals surface area contributed by atoms with Crippen molar-refractivity contribution in [3.05, 3.63) is 59.7 Å².